The fourth-order valence-electron chi connectivity index (χ4n) is 2.10. The van der Waals surface area contributed by atoms with Gasteiger partial charge in [-0.1, -0.05) is 48.0 Å². The highest BCUT2D eigenvalue weighted by Crippen LogP contribution is 2.22. The highest BCUT2D eigenvalue weighted by molar-refractivity contribution is 6.33. The van der Waals surface area contributed by atoms with E-state index < -0.39 is 0 Å². The second-order valence-electron chi connectivity index (χ2n) is 4.85. The SMILES string of the molecule is Cc1ccc(Cl)c(NCCCCc2ccccc2)c1. The van der Waals surface area contributed by atoms with Gasteiger partial charge >= 0.3 is 0 Å². The highest BCUT2D eigenvalue weighted by Gasteiger charge is 1.99. The third-order valence-electron chi connectivity index (χ3n) is 3.17. The monoisotopic (exact) mass is 273 g/mol. The standard InChI is InChI=1S/C17H20ClN/c1-14-10-11-16(18)17(13-14)19-12-6-5-9-15-7-3-2-4-8-15/h2-4,7-8,10-11,13,19H,5-6,9,12H2,1H3. The zero-order valence-corrected chi connectivity index (χ0v) is 12.1. The lowest BCUT2D eigenvalue weighted by molar-refractivity contribution is 0.763. The van der Waals surface area contributed by atoms with Crippen molar-refractivity contribution in [3.63, 3.8) is 0 Å². The van der Waals surface area contributed by atoms with E-state index >= 15 is 0 Å². The number of aryl methyl sites for hydroxylation is 2. The third kappa shape index (κ3) is 4.60. The summed E-state index contributed by atoms with van der Waals surface area (Å²) in [5.74, 6) is 0. The first-order valence-electron chi connectivity index (χ1n) is 6.79. The zero-order valence-electron chi connectivity index (χ0n) is 11.3. The van der Waals surface area contributed by atoms with Crippen LogP contribution in [0.4, 0.5) is 5.69 Å². The first-order valence-corrected chi connectivity index (χ1v) is 7.17. The Bertz CT molecular complexity index is 508. The van der Waals surface area contributed by atoms with Gasteiger partial charge in [0.15, 0.2) is 0 Å². The third-order valence-corrected chi connectivity index (χ3v) is 3.50. The molecule has 0 amide bonds. The highest BCUT2D eigenvalue weighted by atomic mass is 35.5. The van der Waals surface area contributed by atoms with Gasteiger partial charge in [-0.3, -0.25) is 0 Å². The molecule has 0 aliphatic rings. The van der Waals surface area contributed by atoms with Gasteiger partial charge in [0.1, 0.15) is 0 Å². The fourth-order valence-corrected chi connectivity index (χ4v) is 2.28. The van der Waals surface area contributed by atoms with Crippen LogP contribution in [0.5, 0.6) is 0 Å². The van der Waals surface area contributed by atoms with Crippen molar-refractivity contribution < 1.29 is 0 Å². The smallest absolute Gasteiger partial charge is 0.0637 e. The molecule has 0 saturated carbocycles. The van der Waals surface area contributed by atoms with Crippen LogP contribution in [-0.2, 0) is 6.42 Å². The fraction of sp³-hybridized carbons (Fsp3) is 0.294. The Labute approximate surface area is 120 Å². The van der Waals surface area contributed by atoms with Crippen molar-refractivity contribution >= 4 is 17.3 Å². The van der Waals surface area contributed by atoms with Crippen LogP contribution >= 0.6 is 11.6 Å². The second-order valence-corrected chi connectivity index (χ2v) is 5.26. The lowest BCUT2D eigenvalue weighted by atomic mass is 10.1. The number of hydrogen-bond acceptors (Lipinski definition) is 1. The minimum atomic E-state index is 0.800. The van der Waals surface area contributed by atoms with Gasteiger partial charge in [0.2, 0.25) is 0 Å². The van der Waals surface area contributed by atoms with Crippen LogP contribution in [0.1, 0.15) is 24.0 Å². The van der Waals surface area contributed by atoms with Crippen molar-refractivity contribution in [3.8, 4) is 0 Å². The summed E-state index contributed by atoms with van der Waals surface area (Å²) in [5, 5.41) is 4.21. The average molecular weight is 274 g/mol. The van der Waals surface area contributed by atoms with Crippen molar-refractivity contribution in [1.82, 2.24) is 0 Å². The van der Waals surface area contributed by atoms with Crippen LogP contribution < -0.4 is 5.32 Å². The zero-order chi connectivity index (χ0) is 13.5. The van der Waals surface area contributed by atoms with Crippen molar-refractivity contribution in [1.29, 1.82) is 0 Å². The van der Waals surface area contributed by atoms with E-state index in [0.29, 0.717) is 0 Å². The van der Waals surface area contributed by atoms with E-state index in [2.05, 4.69) is 48.6 Å². The molecule has 19 heavy (non-hydrogen) atoms. The molecule has 0 fully saturated rings. The molecule has 100 valence electrons. The molecule has 2 aromatic carbocycles. The molecule has 0 bridgehead atoms. The molecule has 0 aliphatic carbocycles. The Balaban J connectivity index is 1.71. The predicted octanol–water partition coefficient (Wildman–Crippen LogP) is 5.08. The quantitative estimate of drug-likeness (QED) is 0.724. The van der Waals surface area contributed by atoms with E-state index in [0.717, 1.165) is 30.1 Å². The summed E-state index contributed by atoms with van der Waals surface area (Å²) in [5.41, 5.74) is 3.69. The molecule has 2 heteroatoms. The first kappa shape index (κ1) is 14.0. The van der Waals surface area contributed by atoms with Gasteiger partial charge in [-0.25, -0.2) is 0 Å². The van der Waals surface area contributed by atoms with E-state index in [4.69, 9.17) is 11.6 Å². The van der Waals surface area contributed by atoms with Gasteiger partial charge in [0.25, 0.3) is 0 Å². The van der Waals surface area contributed by atoms with Gasteiger partial charge in [-0.05, 0) is 49.4 Å². The van der Waals surface area contributed by atoms with E-state index in [1.54, 1.807) is 0 Å². The van der Waals surface area contributed by atoms with Gasteiger partial charge in [0, 0.05) is 6.54 Å². The molecule has 0 atom stereocenters. The summed E-state index contributed by atoms with van der Waals surface area (Å²) in [6, 6.07) is 16.7. The van der Waals surface area contributed by atoms with Crippen LogP contribution in [0.15, 0.2) is 48.5 Å². The van der Waals surface area contributed by atoms with Crippen LogP contribution in [0.25, 0.3) is 0 Å². The molecule has 1 N–H and O–H groups in total. The average Bonchev–Trinajstić information content (AvgIpc) is 2.43. The normalized spacial score (nSPS) is 10.4. The topological polar surface area (TPSA) is 12.0 Å². The van der Waals surface area contributed by atoms with Gasteiger partial charge < -0.3 is 5.32 Å². The van der Waals surface area contributed by atoms with Crippen LogP contribution in [0.3, 0.4) is 0 Å². The molecule has 0 heterocycles. The lowest BCUT2D eigenvalue weighted by Crippen LogP contribution is -2.02. The summed E-state index contributed by atoms with van der Waals surface area (Å²) in [7, 11) is 0. The van der Waals surface area contributed by atoms with Gasteiger partial charge in [0.05, 0.1) is 10.7 Å². The van der Waals surface area contributed by atoms with Crippen molar-refractivity contribution in [2.75, 3.05) is 11.9 Å². The summed E-state index contributed by atoms with van der Waals surface area (Å²) >= 11 is 6.14. The summed E-state index contributed by atoms with van der Waals surface area (Å²) < 4.78 is 0. The molecule has 2 aromatic rings. The van der Waals surface area contributed by atoms with Crippen molar-refractivity contribution in [2.45, 2.75) is 26.2 Å². The number of benzene rings is 2. The van der Waals surface area contributed by atoms with E-state index in [1.165, 1.54) is 17.5 Å². The number of anilines is 1. The Morgan fingerprint density at radius 3 is 2.58 bits per heavy atom. The predicted molar refractivity (Wildman–Crippen MR) is 84.1 cm³/mol. The molecule has 0 aliphatic heterocycles. The molecule has 0 saturated heterocycles. The number of hydrogen-bond donors (Lipinski definition) is 1. The Morgan fingerprint density at radius 1 is 1.00 bits per heavy atom. The van der Waals surface area contributed by atoms with Crippen molar-refractivity contribution in [2.24, 2.45) is 0 Å². The van der Waals surface area contributed by atoms with Crippen LogP contribution in [-0.4, -0.2) is 6.54 Å². The molecule has 2 rings (SSSR count). The first-order chi connectivity index (χ1) is 9.25. The maximum Gasteiger partial charge on any atom is 0.0637 e. The number of rotatable bonds is 6. The van der Waals surface area contributed by atoms with E-state index in [-0.39, 0.29) is 0 Å². The molecular formula is C17H20ClN. The van der Waals surface area contributed by atoms with E-state index in [1.807, 2.05) is 12.1 Å². The Kier molecular flexibility index (Phi) is 5.29. The number of halogens is 1. The maximum absolute atomic E-state index is 6.14. The molecule has 0 spiro atoms. The summed E-state index contributed by atoms with van der Waals surface area (Å²) in [6.07, 6.45) is 3.49. The van der Waals surface area contributed by atoms with Gasteiger partial charge in [-0.2, -0.15) is 0 Å². The van der Waals surface area contributed by atoms with Crippen LogP contribution in [0.2, 0.25) is 5.02 Å². The Morgan fingerprint density at radius 2 is 1.79 bits per heavy atom. The largest absolute Gasteiger partial charge is 0.384 e. The minimum absolute atomic E-state index is 0.800. The molecular weight excluding hydrogens is 254 g/mol. The maximum atomic E-state index is 6.14. The molecule has 0 unspecified atom stereocenters. The van der Waals surface area contributed by atoms with Crippen molar-refractivity contribution in [3.05, 3.63) is 64.7 Å². The molecule has 0 radical (unpaired) electrons. The lowest BCUT2D eigenvalue weighted by Gasteiger charge is -2.09. The minimum Gasteiger partial charge on any atom is -0.384 e. The summed E-state index contributed by atoms with van der Waals surface area (Å²) in [6.45, 7) is 3.05. The number of nitrogens with one attached hydrogen (secondary N) is 1. The van der Waals surface area contributed by atoms with Crippen LogP contribution in [0, 0.1) is 6.92 Å². The number of unbranched alkanes of at least 4 members (excludes halogenated alkanes) is 1. The second kappa shape index (κ2) is 7.20. The summed E-state index contributed by atoms with van der Waals surface area (Å²) in [4.78, 5) is 0. The molecule has 1 nitrogen and oxygen atoms in total. The van der Waals surface area contributed by atoms with E-state index in [9.17, 15) is 0 Å². The molecule has 0 aromatic heterocycles. The Hall–Kier alpha value is -1.47. The van der Waals surface area contributed by atoms with Gasteiger partial charge in [-0.15, -0.1) is 0 Å².